The fraction of sp³-hybridized carbons (Fsp3) is 0.209. The van der Waals surface area contributed by atoms with Crippen LogP contribution in [0.1, 0.15) is 42.0 Å². The largest absolute Gasteiger partial charge is 0.488 e. The fourth-order valence-corrected chi connectivity index (χ4v) is 5.94. The third-order valence-electron chi connectivity index (χ3n) is 8.74. The topological polar surface area (TPSA) is 107 Å². The van der Waals surface area contributed by atoms with Crippen LogP contribution in [0.2, 0.25) is 0 Å². The molecule has 0 saturated carbocycles. The lowest BCUT2D eigenvalue weighted by molar-refractivity contribution is 0.282. The second-order valence-corrected chi connectivity index (χ2v) is 12.7. The molecule has 266 valence electrons. The van der Waals surface area contributed by atoms with Crippen molar-refractivity contribution in [1.29, 1.82) is 0 Å². The summed E-state index contributed by atoms with van der Waals surface area (Å²) in [6.07, 6.45) is 2.08. The van der Waals surface area contributed by atoms with Gasteiger partial charge < -0.3 is 29.6 Å². The Morgan fingerprint density at radius 1 is 0.712 bits per heavy atom. The number of aliphatic hydroxyl groups is 1. The summed E-state index contributed by atoms with van der Waals surface area (Å²) in [5.74, 6) is 1.97. The number of aliphatic hydroxyl groups excluding tert-OH is 1. The molecule has 2 aromatic heterocycles. The van der Waals surface area contributed by atoms with Crippen molar-refractivity contribution in [2.45, 2.75) is 46.1 Å². The summed E-state index contributed by atoms with van der Waals surface area (Å²) in [5.41, 5.74) is 6.68. The first-order valence-corrected chi connectivity index (χ1v) is 17.5. The molecule has 9 heteroatoms. The molecule has 0 unspecified atom stereocenters. The quantitative estimate of drug-likeness (QED) is 0.112. The normalized spacial score (nSPS) is 11.0. The summed E-state index contributed by atoms with van der Waals surface area (Å²) >= 11 is 0. The predicted octanol–water partition coefficient (Wildman–Crippen LogP) is 8.27. The third kappa shape index (κ3) is 8.69. The molecule has 0 aliphatic heterocycles. The highest BCUT2D eigenvalue weighted by molar-refractivity contribution is 5.83. The summed E-state index contributed by atoms with van der Waals surface area (Å²) in [6, 6.07) is 41.6. The Morgan fingerprint density at radius 3 is 1.90 bits per heavy atom. The zero-order valence-electron chi connectivity index (χ0n) is 29.8. The second kappa shape index (κ2) is 17.4. The molecule has 0 amide bonds. The average Bonchev–Trinajstić information content (AvgIpc) is 3.78. The van der Waals surface area contributed by atoms with E-state index in [0.29, 0.717) is 24.8 Å². The van der Waals surface area contributed by atoms with Crippen molar-refractivity contribution in [3.05, 3.63) is 156 Å². The molecule has 7 aromatic rings. The van der Waals surface area contributed by atoms with Crippen LogP contribution < -0.4 is 14.8 Å². The Morgan fingerprint density at radius 2 is 1.33 bits per heavy atom. The molecule has 5 aromatic carbocycles. The average molecular weight is 696 g/mol. The molecular weight excluding hydrogens is 651 g/mol. The van der Waals surface area contributed by atoms with Crippen LogP contribution in [0, 0.1) is 0 Å². The van der Waals surface area contributed by atoms with Gasteiger partial charge in [0, 0.05) is 36.3 Å². The predicted molar refractivity (Wildman–Crippen MR) is 206 cm³/mol. The van der Waals surface area contributed by atoms with Gasteiger partial charge in [0.05, 0.1) is 17.9 Å². The van der Waals surface area contributed by atoms with Crippen LogP contribution in [-0.4, -0.2) is 43.1 Å². The van der Waals surface area contributed by atoms with Gasteiger partial charge in [-0.25, -0.2) is 4.57 Å². The number of likely N-dealkylation sites (N-methyl/N-ethyl adjacent to an activating group) is 1. The van der Waals surface area contributed by atoms with Gasteiger partial charge in [0.1, 0.15) is 24.7 Å². The van der Waals surface area contributed by atoms with Gasteiger partial charge in [-0.1, -0.05) is 110 Å². The summed E-state index contributed by atoms with van der Waals surface area (Å²) in [4.78, 5) is 0. The smallest absolute Gasteiger partial charge is 0.319 e. The Labute approximate surface area is 304 Å². The molecule has 0 bridgehead atoms. The summed E-state index contributed by atoms with van der Waals surface area (Å²) in [5, 5.41) is 32.3. The highest BCUT2D eigenvalue weighted by Crippen LogP contribution is 2.41. The summed E-state index contributed by atoms with van der Waals surface area (Å²) in [6.45, 7) is 6.93. The van der Waals surface area contributed by atoms with Crippen molar-refractivity contribution in [2.24, 2.45) is 0 Å². The third-order valence-corrected chi connectivity index (χ3v) is 8.74. The van der Waals surface area contributed by atoms with Crippen molar-refractivity contribution in [3.63, 3.8) is 0 Å². The zero-order valence-corrected chi connectivity index (χ0v) is 29.8. The molecule has 0 atom stereocenters. The van der Waals surface area contributed by atoms with E-state index in [0.717, 1.165) is 63.2 Å². The molecule has 7 rings (SSSR count). The minimum Gasteiger partial charge on any atom is -0.488 e. The number of rotatable bonds is 13. The van der Waals surface area contributed by atoms with E-state index in [2.05, 4.69) is 58.3 Å². The monoisotopic (exact) mass is 695 g/mol. The molecule has 52 heavy (non-hydrogen) atoms. The molecule has 9 nitrogen and oxygen atoms in total. The molecule has 0 saturated heterocycles. The standard InChI is InChI=1S/C36H37N5O3.C7H8O/c1-25(2)30-21-31(34(44-24-27-12-8-5-9-13-27)22-33(30)43-23-26-10-6-4-7-11-26)35-38-39-36(42)41(35)29-14-15-32-28(20-29)16-18-40(32)19-17-37-3;8-6-7-4-2-1-3-5-7/h4-16,18,20-22,25,37H,17,19,23-24H2,1-3H3,(H,39,42);1-5,8H,6H2. The van der Waals surface area contributed by atoms with Gasteiger partial charge in [0.25, 0.3) is 0 Å². The van der Waals surface area contributed by atoms with Crippen molar-refractivity contribution < 1.29 is 19.7 Å². The maximum absolute atomic E-state index is 11.0. The summed E-state index contributed by atoms with van der Waals surface area (Å²) < 4.78 is 16.7. The van der Waals surface area contributed by atoms with Crippen molar-refractivity contribution in [1.82, 2.24) is 24.6 Å². The lowest BCUT2D eigenvalue weighted by atomic mass is 9.98. The molecule has 0 spiro atoms. The van der Waals surface area contributed by atoms with E-state index in [1.54, 1.807) is 4.57 Å². The number of nitrogens with one attached hydrogen (secondary N) is 1. The molecule has 0 aliphatic carbocycles. The maximum atomic E-state index is 11.0. The van der Waals surface area contributed by atoms with E-state index in [9.17, 15) is 5.11 Å². The van der Waals surface area contributed by atoms with Crippen LogP contribution >= 0.6 is 0 Å². The van der Waals surface area contributed by atoms with Gasteiger partial charge >= 0.3 is 6.01 Å². The number of fused-ring (bicyclic) bond motifs is 1. The molecule has 0 aliphatic rings. The van der Waals surface area contributed by atoms with E-state index in [-0.39, 0.29) is 18.5 Å². The Bertz CT molecular complexity index is 2160. The number of nitrogens with zero attached hydrogens (tertiary/aromatic N) is 4. The highest BCUT2D eigenvalue weighted by Gasteiger charge is 2.23. The first-order chi connectivity index (χ1) is 25.4. The number of hydrogen-bond acceptors (Lipinski definition) is 7. The first kappa shape index (κ1) is 35.9. The van der Waals surface area contributed by atoms with Gasteiger partial charge in [-0.3, -0.25) is 0 Å². The number of benzene rings is 5. The van der Waals surface area contributed by atoms with Gasteiger partial charge in [0.15, 0.2) is 5.82 Å². The minimum atomic E-state index is -0.196. The van der Waals surface area contributed by atoms with Crippen LogP contribution in [0.5, 0.6) is 17.5 Å². The van der Waals surface area contributed by atoms with Crippen LogP contribution in [0.3, 0.4) is 0 Å². The van der Waals surface area contributed by atoms with E-state index < -0.39 is 0 Å². The van der Waals surface area contributed by atoms with Crippen LogP contribution in [-0.2, 0) is 26.4 Å². The fourth-order valence-electron chi connectivity index (χ4n) is 5.94. The number of aromatic hydroxyl groups is 1. The zero-order chi connectivity index (χ0) is 36.3. The van der Waals surface area contributed by atoms with Gasteiger partial charge in [0.2, 0.25) is 0 Å². The van der Waals surface area contributed by atoms with E-state index >= 15 is 0 Å². The van der Waals surface area contributed by atoms with Crippen LogP contribution in [0.25, 0.3) is 28.0 Å². The molecule has 3 N–H and O–H groups in total. The molecular formula is C43H45N5O4. The van der Waals surface area contributed by atoms with Crippen molar-refractivity contribution >= 4 is 10.9 Å². The molecule has 0 radical (unpaired) electrons. The summed E-state index contributed by atoms with van der Waals surface area (Å²) in [7, 11) is 1.95. The Hall–Kier alpha value is -5.90. The highest BCUT2D eigenvalue weighted by atomic mass is 16.5. The Kier molecular flexibility index (Phi) is 12.0. The Balaban J connectivity index is 0.000000514. The van der Waals surface area contributed by atoms with Gasteiger partial charge in [-0.15, -0.1) is 5.10 Å². The SMILES string of the molecule is CNCCn1ccc2cc(-n3c(O)nnc3-c3cc(C(C)C)c(OCc4ccccc4)cc3OCc3ccccc3)ccc21.OCc1ccccc1. The molecule has 2 heterocycles. The van der Waals surface area contributed by atoms with Crippen LogP contribution in [0.15, 0.2) is 134 Å². The number of hydrogen-bond donors (Lipinski definition) is 3. The van der Waals surface area contributed by atoms with Crippen molar-refractivity contribution in [3.8, 4) is 34.6 Å². The van der Waals surface area contributed by atoms with E-state index in [1.165, 1.54) is 0 Å². The van der Waals surface area contributed by atoms with Gasteiger partial charge in [-0.2, -0.15) is 0 Å². The molecule has 0 fully saturated rings. The number of ether oxygens (including phenoxy) is 2. The second-order valence-electron chi connectivity index (χ2n) is 12.7. The van der Waals surface area contributed by atoms with E-state index in [4.69, 9.17) is 14.6 Å². The first-order valence-electron chi connectivity index (χ1n) is 17.5. The lowest BCUT2D eigenvalue weighted by Crippen LogP contribution is -2.14. The van der Waals surface area contributed by atoms with Crippen molar-refractivity contribution in [2.75, 3.05) is 13.6 Å². The maximum Gasteiger partial charge on any atom is 0.319 e. The minimum absolute atomic E-state index is 0.140. The number of aromatic nitrogens is 4. The van der Waals surface area contributed by atoms with Gasteiger partial charge in [-0.05, 0) is 65.6 Å². The van der Waals surface area contributed by atoms with Crippen LogP contribution in [0.4, 0.5) is 0 Å². The van der Waals surface area contributed by atoms with E-state index in [1.807, 2.05) is 116 Å². The lowest BCUT2D eigenvalue weighted by Gasteiger charge is -2.20.